The summed E-state index contributed by atoms with van der Waals surface area (Å²) in [5, 5.41) is 2.91. The number of hydrogen-bond acceptors (Lipinski definition) is 3. The molecule has 0 aromatic carbocycles. The molecule has 0 aliphatic rings. The second kappa shape index (κ2) is 3.23. The van der Waals surface area contributed by atoms with Crippen LogP contribution in [0, 0.1) is 11.8 Å². The monoisotopic (exact) mass is 150 g/mol. The van der Waals surface area contributed by atoms with E-state index >= 15 is 0 Å². The Balaban J connectivity index is 2.95. The number of hydrogen-bond donors (Lipinski definition) is 0. The first-order valence-corrected chi connectivity index (χ1v) is 3.48. The van der Waals surface area contributed by atoms with Gasteiger partial charge in [-0.3, -0.25) is 4.98 Å². The second-order valence-electron chi connectivity index (χ2n) is 2.58. The van der Waals surface area contributed by atoms with E-state index in [0.29, 0.717) is 0 Å². The number of pyridine rings is 1. The molecule has 0 saturated heterocycles. The van der Waals surface area contributed by atoms with Crippen LogP contribution in [0.1, 0.15) is 24.1 Å². The molecular weight excluding hydrogens is 140 g/mol. The van der Waals surface area contributed by atoms with Crippen molar-refractivity contribution in [3.8, 4) is 0 Å². The van der Waals surface area contributed by atoms with Crippen molar-refractivity contribution in [2.24, 2.45) is 5.18 Å². The predicted octanol–water partition coefficient (Wildman–Crippen LogP) is 2.22. The molecule has 0 spiro atoms. The maximum atomic E-state index is 10.1. The lowest BCUT2D eigenvalue weighted by Crippen LogP contribution is -1.90. The Morgan fingerprint density at radius 1 is 1.55 bits per heavy atom. The Morgan fingerprint density at radius 3 is 2.82 bits per heavy atom. The van der Waals surface area contributed by atoms with Crippen LogP contribution in [0.5, 0.6) is 0 Å². The molecule has 1 aromatic heterocycles. The third-order valence-electron chi connectivity index (χ3n) is 1.54. The first kappa shape index (κ1) is 7.85. The van der Waals surface area contributed by atoms with Crippen LogP contribution in [0.2, 0.25) is 0 Å². The molecule has 11 heavy (non-hydrogen) atoms. The summed E-state index contributed by atoms with van der Waals surface area (Å²) in [5.41, 5.74) is 1.93. The van der Waals surface area contributed by atoms with E-state index in [9.17, 15) is 4.91 Å². The number of nitrogens with zero attached hydrogens (tertiary/aromatic N) is 2. The highest BCUT2D eigenvalue weighted by Gasteiger charge is 2.03. The maximum Gasteiger partial charge on any atom is 0.116 e. The zero-order valence-electron chi connectivity index (χ0n) is 6.61. The highest BCUT2D eigenvalue weighted by molar-refractivity contribution is 5.19. The topological polar surface area (TPSA) is 42.3 Å². The molecule has 3 nitrogen and oxygen atoms in total. The Kier molecular flexibility index (Phi) is 2.31. The summed E-state index contributed by atoms with van der Waals surface area (Å²) < 4.78 is 0. The lowest BCUT2D eigenvalue weighted by molar-refractivity contribution is 0.803. The first-order valence-electron chi connectivity index (χ1n) is 3.48. The minimum absolute atomic E-state index is 0.289. The van der Waals surface area contributed by atoms with Crippen molar-refractivity contribution in [1.82, 2.24) is 4.98 Å². The summed E-state index contributed by atoms with van der Waals surface area (Å²) in [6.45, 7) is 3.69. The lowest BCUT2D eigenvalue weighted by Gasteiger charge is -2.01. The summed E-state index contributed by atoms with van der Waals surface area (Å²) in [6.07, 6.45) is 3.42. The highest BCUT2D eigenvalue weighted by atomic mass is 16.3. The Morgan fingerprint density at radius 2 is 2.27 bits per heavy atom. The van der Waals surface area contributed by atoms with Crippen molar-refractivity contribution in [1.29, 1.82) is 0 Å². The zero-order chi connectivity index (χ0) is 8.27. The van der Waals surface area contributed by atoms with Crippen molar-refractivity contribution in [2.45, 2.75) is 19.9 Å². The van der Waals surface area contributed by atoms with Gasteiger partial charge in [0.15, 0.2) is 0 Å². The van der Waals surface area contributed by atoms with E-state index in [1.165, 1.54) is 0 Å². The van der Waals surface area contributed by atoms with Crippen LogP contribution >= 0.6 is 0 Å². The zero-order valence-corrected chi connectivity index (χ0v) is 6.61. The highest BCUT2D eigenvalue weighted by Crippen LogP contribution is 2.15. The van der Waals surface area contributed by atoms with Gasteiger partial charge in [0.1, 0.15) is 6.04 Å². The number of nitroso groups, excluding NO2 is 1. The van der Waals surface area contributed by atoms with E-state index in [2.05, 4.69) is 10.2 Å². The summed E-state index contributed by atoms with van der Waals surface area (Å²) in [4.78, 5) is 14.1. The van der Waals surface area contributed by atoms with Gasteiger partial charge in [-0.25, -0.2) is 0 Å². The third-order valence-corrected chi connectivity index (χ3v) is 1.54. The Bertz CT molecular complexity index is 260. The number of aryl methyl sites for hydroxylation is 1. The van der Waals surface area contributed by atoms with Crippen LogP contribution in [-0.2, 0) is 0 Å². The average molecular weight is 150 g/mol. The fraction of sp³-hybridized carbons (Fsp3) is 0.375. The molecule has 0 bridgehead atoms. The maximum absolute atomic E-state index is 10.1. The molecule has 3 heteroatoms. The minimum atomic E-state index is -0.289. The van der Waals surface area contributed by atoms with Gasteiger partial charge in [-0.15, -0.1) is 0 Å². The van der Waals surface area contributed by atoms with Crippen molar-refractivity contribution in [3.05, 3.63) is 34.5 Å². The van der Waals surface area contributed by atoms with Gasteiger partial charge in [-0.05, 0) is 25.0 Å². The molecule has 0 aliphatic carbocycles. The van der Waals surface area contributed by atoms with Crippen molar-refractivity contribution in [2.75, 3.05) is 0 Å². The van der Waals surface area contributed by atoms with Gasteiger partial charge in [-0.2, -0.15) is 4.91 Å². The molecule has 1 aromatic rings. The van der Waals surface area contributed by atoms with Gasteiger partial charge in [0.2, 0.25) is 0 Å². The van der Waals surface area contributed by atoms with Crippen LogP contribution in [0.3, 0.4) is 0 Å². The molecule has 0 N–H and O–H groups in total. The summed E-state index contributed by atoms with van der Waals surface area (Å²) in [7, 11) is 0. The quantitative estimate of drug-likeness (QED) is 0.606. The molecule has 0 amide bonds. The van der Waals surface area contributed by atoms with Crippen LogP contribution in [0.4, 0.5) is 0 Å². The second-order valence-corrected chi connectivity index (χ2v) is 2.58. The fourth-order valence-corrected chi connectivity index (χ4v) is 0.868. The Hall–Kier alpha value is -1.25. The molecule has 0 aliphatic heterocycles. The van der Waals surface area contributed by atoms with Crippen LogP contribution in [-0.4, -0.2) is 4.98 Å². The predicted molar refractivity (Wildman–Crippen MR) is 43.2 cm³/mol. The Labute approximate surface area is 65.4 Å². The summed E-state index contributed by atoms with van der Waals surface area (Å²) >= 11 is 0. The van der Waals surface area contributed by atoms with E-state index in [1.54, 1.807) is 19.3 Å². The van der Waals surface area contributed by atoms with Crippen molar-refractivity contribution < 1.29 is 0 Å². The van der Waals surface area contributed by atoms with E-state index in [0.717, 1.165) is 11.1 Å². The van der Waals surface area contributed by atoms with Crippen LogP contribution < -0.4 is 0 Å². The van der Waals surface area contributed by atoms with Crippen molar-refractivity contribution >= 4 is 0 Å². The van der Waals surface area contributed by atoms with Gasteiger partial charge in [0, 0.05) is 12.4 Å². The van der Waals surface area contributed by atoms with Gasteiger partial charge in [0.25, 0.3) is 0 Å². The lowest BCUT2D eigenvalue weighted by atomic mass is 10.1. The molecule has 1 unspecified atom stereocenters. The molecular formula is C8H10N2O. The SMILES string of the molecule is Cc1cncc(C(C)N=O)c1. The molecule has 1 atom stereocenters. The normalized spacial score (nSPS) is 12.5. The average Bonchev–Trinajstić information content (AvgIpc) is 2.03. The molecule has 0 radical (unpaired) electrons. The smallest absolute Gasteiger partial charge is 0.116 e. The van der Waals surface area contributed by atoms with Crippen LogP contribution in [0.15, 0.2) is 23.6 Å². The summed E-state index contributed by atoms with van der Waals surface area (Å²) in [6, 6.07) is 1.63. The minimum Gasteiger partial charge on any atom is -0.264 e. The first-order chi connectivity index (χ1) is 5.24. The standard InChI is InChI=1S/C8H10N2O/c1-6-3-8(5-9-4-6)7(2)10-11/h3-5,7H,1-2H3. The number of rotatable bonds is 2. The number of aromatic nitrogens is 1. The van der Waals surface area contributed by atoms with Crippen LogP contribution in [0.25, 0.3) is 0 Å². The summed E-state index contributed by atoms with van der Waals surface area (Å²) in [5.74, 6) is 0. The van der Waals surface area contributed by atoms with Gasteiger partial charge in [-0.1, -0.05) is 11.2 Å². The largest absolute Gasteiger partial charge is 0.264 e. The van der Waals surface area contributed by atoms with Crippen molar-refractivity contribution in [3.63, 3.8) is 0 Å². The molecule has 1 rings (SSSR count). The van der Waals surface area contributed by atoms with E-state index < -0.39 is 0 Å². The van der Waals surface area contributed by atoms with E-state index in [-0.39, 0.29) is 6.04 Å². The van der Waals surface area contributed by atoms with Gasteiger partial charge in [0.05, 0.1) is 0 Å². The molecule has 58 valence electrons. The molecule has 1 heterocycles. The van der Waals surface area contributed by atoms with Gasteiger partial charge >= 0.3 is 0 Å². The molecule has 0 fully saturated rings. The fourth-order valence-electron chi connectivity index (χ4n) is 0.868. The molecule has 0 saturated carbocycles. The van der Waals surface area contributed by atoms with E-state index in [1.807, 2.05) is 13.0 Å². The van der Waals surface area contributed by atoms with E-state index in [4.69, 9.17) is 0 Å². The van der Waals surface area contributed by atoms with Gasteiger partial charge < -0.3 is 0 Å². The third kappa shape index (κ3) is 1.83.